The number of anilines is 3. The molecule has 2 N–H and O–H groups in total. The molecule has 0 aliphatic rings. The van der Waals surface area contributed by atoms with Gasteiger partial charge in [0, 0.05) is 11.9 Å². The summed E-state index contributed by atoms with van der Waals surface area (Å²) in [4.78, 5) is 16.5. The van der Waals surface area contributed by atoms with Crippen LogP contribution in [0.25, 0.3) is 0 Å². The number of carbonyl (C=O) groups is 1. The first-order chi connectivity index (χ1) is 12.5. The van der Waals surface area contributed by atoms with Crippen molar-refractivity contribution in [1.82, 2.24) is 4.98 Å². The molecule has 132 valence electrons. The largest absolute Gasteiger partial charge is 0.354 e. The molecule has 0 fully saturated rings. The predicted octanol–water partition coefficient (Wildman–Crippen LogP) is 5.34. The molecule has 0 saturated carbocycles. The number of amides is 1. The van der Waals surface area contributed by atoms with Crippen LogP contribution in [0.2, 0.25) is 0 Å². The Morgan fingerprint density at radius 1 is 1.00 bits per heavy atom. The lowest BCUT2D eigenvalue weighted by molar-refractivity contribution is 0.102. The fourth-order valence-corrected chi connectivity index (χ4v) is 2.66. The molecule has 1 aromatic heterocycles. The van der Waals surface area contributed by atoms with E-state index >= 15 is 0 Å². The van der Waals surface area contributed by atoms with Crippen LogP contribution in [-0.2, 0) is 0 Å². The Morgan fingerprint density at radius 2 is 1.69 bits per heavy atom. The number of pyridine rings is 1. The van der Waals surface area contributed by atoms with Crippen molar-refractivity contribution >= 4 is 23.0 Å². The maximum atomic E-state index is 13.7. The van der Waals surface area contributed by atoms with Crippen molar-refractivity contribution in [3.8, 4) is 0 Å². The van der Waals surface area contributed by atoms with Crippen molar-refractivity contribution in [2.75, 3.05) is 10.6 Å². The Labute approximate surface area is 152 Å². The molecule has 0 saturated heterocycles. The second-order valence-corrected chi connectivity index (χ2v) is 6.26. The minimum absolute atomic E-state index is 0.140. The molecule has 2 aromatic carbocycles. The molecule has 1 amide bonds. The van der Waals surface area contributed by atoms with Crippen LogP contribution in [0, 0.1) is 5.82 Å². The molecule has 0 radical (unpaired) electrons. The summed E-state index contributed by atoms with van der Waals surface area (Å²) >= 11 is 0. The second kappa shape index (κ2) is 7.78. The van der Waals surface area contributed by atoms with Crippen LogP contribution < -0.4 is 10.6 Å². The van der Waals surface area contributed by atoms with Crippen LogP contribution in [0.3, 0.4) is 0 Å². The van der Waals surface area contributed by atoms with Gasteiger partial charge in [-0.3, -0.25) is 9.78 Å². The molecule has 0 atom stereocenters. The molecular formula is C21H20FN3O. The fraction of sp³-hybridized carbons (Fsp3) is 0.143. The average molecular weight is 349 g/mol. The normalized spacial score (nSPS) is 10.6. The number of hydrogen-bond donors (Lipinski definition) is 2. The van der Waals surface area contributed by atoms with Gasteiger partial charge in [0.2, 0.25) is 0 Å². The number of halogens is 1. The van der Waals surface area contributed by atoms with Gasteiger partial charge in [0.05, 0.1) is 23.1 Å². The molecule has 5 heteroatoms. The quantitative estimate of drug-likeness (QED) is 0.654. The number of rotatable bonds is 5. The summed E-state index contributed by atoms with van der Waals surface area (Å²) in [5.74, 6) is -0.531. The number of nitrogens with one attached hydrogen (secondary N) is 2. The van der Waals surface area contributed by atoms with Crippen molar-refractivity contribution in [1.29, 1.82) is 0 Å². The van der Waals surface area contributed by atoms with Gasteiger partial charge in [0.1, 0.15) is 5.82 Å². The van der Waals surface area contributed by atoms with Gasteiger partial charge >= 0.3 is 0 Å². The monoisotopic (exact) mass is 349 g/mol. The van der Waals surface area contributed by atoms with Crippen LogP contribution in [0.1, 0.15) is 35.7 Å². The van der Waals surface area contributed by atoms with Crippen molar-refractivity contribution in [2.45, 2.75) is 19.8 Å². The smallest absolute Gasteiger partial charge is 0.257 e. The topological polar surface area (TPSA) is 54.0 Å². The van der Waals surface area contributed by atoms with Gasteiger partial charge in [0.15, 0.2) is 0 Å². The highest BCUT2D eigenvalue weighted by Gasteiger charge is 2.11. The molecule has 0 bridgehead atoms. The molecular weight excluding hydrogens is 329 g/mol. The van der Waals surface area contributed by atoms with E-state index in [1.807, 2.05) is 18.2 Å². The molecule has 26 heavy (non-hydrogen) atoms. The summed E-state index contributed by atoms with van der Waals surface area (Å²) in [5.41, 5.74) is 3.32. The van der Waals surface area contributed by atoms with E-state index in [9.17, 15) is 9.18 Å². The first-order valence-electron chi connectivity index (χ1n) is 8.41. The van der Waals surface area contributed by atoms with E-state index in [0.717, 1.165) is 5.69 Å². The van der Waals surface area contributed by atoms with Crippen LogP contribution in [-0.4, -0.2) is 10.9 Å². The summed E-state index contributed by atoms with van der Waals surface area (Å²) < 4.78 is 13.7. The van der Waals surface area contributed by atoms with E-state index in [-0.39, 0.29) is 5.69 Å². The minimum atomic E-state index is -0.478. The summed E-state index contributed by atoms with van der Waals surface area (Å²) in [7, 11) is 0. The first kappa shape index (κ1) is 17.6. The van der Waals surface area contributed by atoms with Crippen LogP contribution in [0.5, 0.6) is 0 Å². The number of para-hydroxylation sites is 2. The van der Waals surface area contributed by atoms with Crippen molar-refractivity contribution in [3.63, 3.8) is 0 Å². The van der Waals surface area contributed by atoms with E-state index in [0.29, 0.717) is 17.2 Å². The van der Waals surface area contributed by atoms with Gasteiger partial charge in [-0.25, -0.2) is 4.39 Å². The Balaban J connectivity index is 1.81. The zero-order valence-electron chi connectivity index (χ0n) is 14.7. The molecule has 3 aromatic rings. The molecule has 0 aliphatic carbocycles. The predicted molar refractivity (Wildman–Crippen MR) is 102 cm³/mol. The molecule has 1 heterocycles. The molecule has 0 aliphatic heterocycles. The maximum absolute atomic E-state index is 13.7. The third-order valence-corrected chi connectivity index (χ3v) is 3.98. The number of benzene rings is 2. The lowest BCUT2D eigenvalue weighted by atomic mass is 10.0. The third-order valence-electron chi connectivity index (χ3n) is 3.98. The zero-order chi connectivity index (χ0) is 18.5. The van der Waals surface area contributed by atoms with Gasteiger partial charge in [0.25, 0.3) is 5.91 Å². The zero-order valence-corrected chi connectivity index (χ0v) is 14.7. The van der Waals surface area contributed by atoms with Crippen molar-refractivity contribution in [2.24, 2.45) is 0 Å². The van der Waals surface area contributed by atoms with Crippen LogP contribution in [0.15, 0.2) is 67.0 Å². The lowest BCUT2D eigenvalue weighted by Crippen LogP contribution is -2.13. The molecule has 0 unspecified atom stereocenters. The van der Waals surface area contributed by atoms with E-state index in [1.54, 1.807) is 24.4 Å². The van der Waals surface area contributed by atoms with Crippen molar-refractivity contribution in [3.05, 3.63) is 83.9 Å². The molecule has 3 rings (SSSR count). The summed E-state index contributed by atoms with van der Waals surface area (Å²) in [6, 6.07) is 15.8. The fourth-order valence-electron chi connectivity index (χ4n) is 2.66. The van der Waals surface area contributed by atoms with Crippen LogP contribution in [0.4, 0.5) is 21.5 Å². The summed E-state index contributed by atoms with van der Waals surface area (Å²) in [5, 5.41) is 5.87. The van der Waals surface area contributed by atoms with E-state index in [4.69, 9.17) is 0 Å². The standard InChI is InChI=1S/C21H20FN3O/c1-14(2)17-7-3-5-9-19(17)24-16-11-15(12-23-13-16)21(26)25-20-10-6-4-8-18(20)22/h3-14,24H,1-2H3,(H,25,26). The first-order valence-corrected chi connectivity index (χ1v) is 8.41. The van der Waals surface area contributed by atoms with Crippen molar-refractivity contribution < 1.29 is 9.18 Å². The summed E-state index contributed by atoms with van der Waals surface area (Å²) in [6.45, 7) is 4.24. The molecule has 4 nitrogen and oxygen atoms in total. The lowest BCUT2D eigenvalue weighted by Gasteiger charge is -2.15. The number of hydrogen-bond acceptors (Lipinski definition) is 3. The summed E-state index contributed by atoms with van der Waals surface area (Å²) in [6.07, 6.45) is 3.10. The van der Waals surface area contributed by atoms with Gasteiger partial charge in [-0.1, -0.05) is 44.2 Å². The second-order valence-electron chi connectivity index (χ2n) is 6.26. The highest BCUT2D eigenvalue weighted by atomic mass is 19.1. The maximum Gasteiger partial charge on any atom is 0.257 e. The van der Waals surface area contributed by atoms with E-state index in [2.05, 4.69) is 35.5 Å². The van der Waals surface area contributed by atoms with Gasteiger partial charge in [-0.2, -0.15) is 0 Å². The average Bonchev–Trinajstić information content (AvgIpc) is 2.64. The SMILES string of the molecule is CC(C)c1ccccc1Nc1cncc(C(=O)Nc2ccccc2F)c1. The van der Waals surface area contributed by atoms with E-state index in [1.165, 1.54) is 23.9 Å². The minimum Gasteiger partial charge on any atom is -0.354 e. The third kappa shape index (κ3) is 4.06. The Kier molecular flexibility index (Phi) is 5.27. The Morgan fingerprint density at radius 3 is 2.42 bits per heavy atom. The highest BCUT2D eigenvalue weighted by molar-refractivity contribution is 6.04. The number of aromatic nitrogens is 1. The Hall–Kier alpha value is -3.21. The molecule has 0 spiro atoms. The van der Waals surface area contributed by atoms with E-state index < -0.39 is 11.7 Å². The number of carbonyl (C=O) groups excluding carboxylic acids is 1. The van der Waals surface area contributed by atoms with Gasteiger partial charge in [-0.15, -0.1) is 0 Å². The van der Waals surface area contributed by atoms with Gasteiger partial charge in [-0.05, 0) is 35.7 Å². The Bertz CT molecular complexity index is 924. The highest BCUT2D eigenvalue weighted by Crippen LogP contribution is 2.27. The van der Waals surface area contributed by atoms with Crippen LogP contribution >= 0.6 is 0 Å². The number of nitrogens with zero attached hydrogens (tertiary/aromatic N) is 1. The van der Waals surface area contributed by atoms with Gasteiger partial charge < -0.3 is 10.6 Å².